The Morgan fingerprint density at radius 2 is 1.87 bits per heavy atom. The normalized spacial score (nSPS) is 18.3. The molecule has 1 fully saturated rings. The van der Waals surface area contributed by atoms with Crippen molar-refractivity contribution in [1.82, 2.24) is 20.2 Å². The predicted octanol–water partition coefficient (Wildman–Crippen LogP) is -0.422. The molecule has 0 aromatic carbocycles. The molecule has 0 bridgehead atoms. The molecule has 0 unspecified atom stereocenters. The lowest BCUT2D eigenvalue weighted by molar-refractivity contribution is -0.120. The molecule has 8 heteroatoms. The van der Waals surface area contributed by atoms with Crippen LogP contribution in [0.25, 0.3) is 0 Å². The zero-order chi connectivity index (χ0) is 16.2. The first-order valence-corrected chi connectivity index (χ1v) is 7.37. The van der Waals surface area contributed by atoms with Gasteiger partial charge in [-0.3, -0.25) is 19.3 Å². The number of nitrogens with zero attached hydrogens (tertiary/aromatic N) is 3. The van der Waals surface area contributed by atoms with Gasteiger partial charge in [0, 0.05) is 44.5 Å². The first kappa shape index (κ1) is 15.4. The molecule has 120 valence electrons. The Labute approximate surface area is 132 Å². The molecular weight excluding hydrogens is 300 g/mol. The van der Waals surface area contributed by atoms with Gasteiger partial charge >= 0.3 is 0 Å². The van der Waals surface area contributed by atoms with Crippen LogP contribution in [0.1, 0.15) is 27.4 Å². The highest BCUT2D eigenvalue weighted by Gasteiger charge is 2.29. The van der Waals surface area contributed by atoms with Crippen LogP contribution in [0, 0.1) is 0 Å². The van der Waals surface area contributed by atoms with Gasteiger partial charge in [0.1, 0.15) is 11.4 Å². The number of hydrogen-bond donors (Lipinski definition) is 1. The summed E-state index contributed by atoms with van der Waals surface area (Å²) in [4.78, 5) is 46.0. The lowest BCUT2D eigenvalue weighted by Gasteiger charge is -2.26. The Morgan fingerprint density at radius 1 is 1.17 bits per heavy atom. The highest BCUT2D eigenvalue weighted by molar-refractivity contribution is 6.23. The van der Waals surface area contributed by atoms with Crippen molar-refractivity contribution in [3.63, 3.8) is 0 Å². The number of aromatic nitrogens is 2. The van der Waals surface area contributed by atoms with Gasteiger partial charge in [0.05, 0.1) is 18.9 Å². The van der Waals surface area contributed by atoms with E-state index in [1.165, 1.54) is 12.4 Å². The first-order valence-electron chi connectivity index (χ1n) is 7.37. The van der Waals surface area contributed by atoms with Crippen molar-refractivity contribution in [2.45, 2.75) is 6.42 Å². The Bertz CT molecular complexity index is 680. The molecule has 1 aromatic rings. The number of morpholine rings is 1. The summed E-state index contributed by atoms with van der Waals surface area (Å²) in [5.74, 6) is -1.24. The Kier molecular flexibility index (Phi) is 4.54. The minimum absolute atomic E-state index is 0.0174. The van der Waals surface area contributed by atoms with Gasteiger partial charge in [-0.1, -0.05) is 0 Å². The van der Waals surface area contributed by atoms with Crippen LogP contribution in [0.4, 0.5) is 0 Å². The molecule has 23 heavy (non-hydrogen) atoms. The van der Waals surface area contributed by atoms with Crippen molar-refractivity contribution >= 4 is 17.5 Å². The maximum absolute atomic E-state index is 12.2. The first-order chi connectivity index (χ1) is 11.1. The quantitative estimate of drug-likeness (QED) is 0.805. The van der Waals surface area contributed by atoms with E-state index in [9.17, 15) is 14.4 Å². The van der Waals surface area contributed by atoms with Crippen molar-refractivity contribution < 1.29 is 19.1 Å². The second-order valence-corrected chi connectivity index (χ2v) is 5.26. The van der Waals surface area contributed by atoms with Gasteiger partial charge in [0.15, 0.2) is 0 Å². The zero-order valence-electron chi connectivity index (χ0n) is 12.4. The van der Waals surface area contributed by atoms with Crippen molar-refractivity contribution in [1.29, 1.82) is 0 Å². The topological polar surface area (TPSA) is 101 Å². The average Bonchev–Trinajstić information content (AvgIpc) is 2.59. The third-order valence-corrected chi connectivity index (χ3v) is 3.70. The number of Topliss-reactive ketones (excluding diaryl/α,β-unsaturated/α-hetero) is 1. The van der Waals surface area contributed by atoms with Crippen molar-refractivity contribution in [3.05, 3.63) is 35.6 Å². The van der Waals surface area contributed by atoms with E-state index in [-0.39, 0.29) is 29.4 Å². The maximum atomic E-state index is 12.2. The van der Waals surface area contributed by atoms with Crippen LogP contribution in [0.5, 0.6) is 0 Å². The minimum Gasteiger partial charge on any atom is -0.379 e. The van der Waals surface area contributed by atoms with Gasteiger partial charge < -0.3 is 10.1 Å². The third kappa shape index (κ3) is 3.49. The molecule has 1 saturated heterocycles. The molecule has 2 heterocycles. The standard InChI is InChI=1S/C15H16N4O4/c20-11-9-10(15(22)14-13(11)16-2-3-17-14)18-12(21)1-4-19-5-7-23-8-6-19/h2-3,9H,1,4-8H2,(H,18,21). The van der Waals surface area contributed by atoms with Gasteiger partial charge in [-0.25, -0.2) is 9.97 Å². The molecule has 2 aliphatic rings. The summed E-state index contributed by atoms with van der Waals surface area (Å²) in [5, 5.41) is 2.51. The number of ether oxygens (including phenoxy) is 1. The SMILES string of the molecule is O=C(CCN1CCOCC1)NC1=CC(=O)c2nccnc2C1=O. The van der Waals surface area contributed by atoms with E-state index in [1.807, 2.05) is 0 Å². The number of amides is 1. The summed E-state index contributed by atoms with van der Waals surface area (Å²) in [6.07, 6.45) is 4.04. The van der Waals surface area contributed by atoms with Gasteiger partial charge in [-0.05, 0) is 0 Å². The number of rotatable bonds is 4. The fraction of sp³-hybridized carbons (Fsp3) is 0.400. The lowest BCUT2D eigenvalue weighted by atomic mass is 10.0. The summed E-state index contributed by atoms with van der Waals surface area (Å²) in [5.41, 5.74) is -0.0535. The highest BCUT2D eigenvalue weighted by Crippen LogP contribution is 2.15. The molecule has 8 nitrogen and oxygen atoms in total. The second kappa shape index (κ2) is 6.76. The van der Waals surface area contributed by atoms with Crippen LogP contribution < -0.4 is 5.32 Å². The summed E-state index contributed by atoms with van der Waals surface area (Å²) >= 11 is 0. The summed E-state index contributed by atoms with van der Waals surface area (Å²) in [7, 11) is 0. The largest absolute Gasteiger partial charge is 0.379 e. The van der Waals surface area contributed by atoms with E-state index in [0.29, 0.717) is 19.8 Å². The lowest BCUT2D eigenvalue weighted by Crippen LogP contribution is -2.39. The van der Waals surface area contributed by atoms with Crippen LogP contribution in [0.15, 0.2) is 24.2 Å². The van der Waals surface area contributed by atoms with Crippen LogP contribution in [0.3, 0.4) is 0 Å². The highest BCUT2D eigenvalue weighted by atomic mass is 16.5. The number of allylic oxidation sites excluding steroid dienone is 2. The number of ketones is 2. The summed E-state index contributed by atoms with van der Waals surface area (Å²) < 4.78 is 5.24. The fourth-order valence-electron chi connectivity index (χ4n) is 2.47. The van der Waals surface area contributed by atoms with E-state index >= 15 is 0 Å². The molecule has 0 spiro atoms. The average molecular weight is 316 g/mol. The predicted molar refractivity (Wildman–Crippen MR) is 78.8 cm³/mol. The molecule has 1 aliphatic heterocycles. The minimum atomic E-state index is -0.493. The third-order valence-electron chi connectivity index (χ3n) is 3.70. The van der Waals surface area contributed by atoms with Crippen LogP contribution in [-0.4, -0.2) is 65.2 Å². The van der Waals surface area contributed by atoms with Gasteiger partial charge in [-0.2, -0.15) is 0 Å². The number of carbonyl (C=O) groups excluding carboxylic acids is 3. The Morgan fingerprint density at radius 3 is 2.61 bits per heavy atom. The monoisotopic (exact) mass is 316 g/mol. The second-order valence-electron chi connectivity index (χ2n) is 5.26. The molecule has 0 atom stereocenters. The molecule has 1 aromatic heterocycles. The Hall–Kier alpha value is -2.45. The van der Waals surface area contributed by atoms with Crippen molar-refractivity contribution in [2.24, 2.45) is 0 Å². The van der Waals surface area contributed by atoms with E-state index in [4.69, 9.17) is 4.74 Å². The van der Waals surface area contributed by atoms with Crippen LogP contribution >= 0.6 is 0 Å². The summed E-state index contributed by atoms with van der Waals surface area (Å²) in [6, 6.07) is 0. The molecule has 0 saturated carbocycles. The number of nitrogens with one attached hydrogen (secondary N) is 1. The van der Waals surface area contributed by atoms with E-state index < -0.39 is 11.6 Å². The zero-order valence-corrected chi connectivity index (χ0v) is 12.4. The molecule has 1 aliphatic carbocycles. The van der Waals surface area contributed by atoms with Gasteiger partial charge in [0.25, 0.3) is 0 Å². The van der Waals surface area contributed by atoms with E-state index in [2.05, 4.69) is 20.2 Å². The molecule has 0 radical (unpaired) electrons. The van der Waals surface area contributed by atoms with E-state index in [0.717, 1.165) is 19.2 Å². The van der Waals surface area contributed by atoms with Crippen molar-refractivity contribution in [3.8, 4) is 0 Å². The van der Waals surface area contributed by atoms with E-state index in [1.54, 1.807) is 0 Å². The van der Waals surface area contributed by atoms with Crippen molar-refractivity contribution in [2.75, 3.05) is 32.8 Å². The van der Waals surface area contributed by atoms with Crippen LogP contribution in [-0.2, 0) is 9.53 Å². The molecule has 3 rings (SSSR count). The molecular formula is C15H16N4O4. The number of carbonyl (C=O) groups is 3. The maximum Gasteiger partial charge on any atom is 0.230 e. The number of hydrogen-bond acceptors (Lipinski definition) is 7. The van der Waals surface area contributed by atoms with Gasteiger partial charge in [-0.15, -0.1) is 0 Å². The summed E-state index contributed by atoms with van der Waals surface area (Å²) in [6.45, 7) is 3.48. The van der Waals surface area contributed by atoms with Gasteiger partial charge in [0.2, 0.25) is 17.5 Å². The Balaban J connectivity index is 1.60. The smallest absolute Gasteiger partial charge is 0.230 e. The molecule has 1 amide bonds. The number of fused-ring (bicyclic) bond motifs is 1. The molecule has 1 N–H and O–H groups in total. The van der Waals surface area contributed by atoms with Crippen LogP contribution in [0.2, 0.25) is 0 Å². The fourth-order valence-corrected chi connectivity index (χ4v) is 2.47.